The van der Waals surface area contributed by atoms with Crippen molar-refractivity contribution in [2.75, 3.05) is 14.2 Å². The van der Waals surface area contributed by atoms with Gasteiger partial charge in [-0.25, -0.2) is 0 Å². The zero-order valence-corrected chi connectivity index (χ0v) is 12.7. The number of rotatable bonds is 4. The van der Waals surface area contributed by atoms with Crippen LogP contribution in [-0.4, -0.2) is 14.2 Å². The number of methoxy groups -OCH3 is 2. The molecule has 0 aromatic heterocycles. The topological polar surface area (TPSA) is 18.5 Å². The maximum absolute atomic E-state index is 5.23. The lowest BCUT2D eigenvalue weighted by Gasteiger charge is -2.11. The summed E-state index contributed by atoms with van der Waals surface area (Å²) in [6, 6.07) is 24.7. The van der Waals surface area contributed by atoms with Crippen LogP contribution in [0.5, 0.6) is 11.5 Å². The summed E-state index contributed by atoms with van der Waals surface area (Å²) in [7, 11) is 3.36. The third-order valence-electron chi connectivity index (χ3n) is 3.73. The van der Waals surface area contributed by atoms with E-state index in [4.69, 9.17) is 9.47 Å². The predicted molar refractivity (Wildman–Crippen MR) is 90.4 cm³/mol. The smallest absolute Gasteiger partial charge is 0.118 e. The minimum absolute atomic E-state index is 0.866. The highest BCUT2D eigenvalue weighted by Gasteiger charge is 2.07. The SMILES string of the molecule is COc1ccc(-c2ccccc2-c2ccc(OC)cc2)cc1. The molecular weight excluding hydrogens is 272 g/mol. The Balaban J connectivity index is 2.04. The first-order chi connectivity index (χ1) is 10.8. The maximum Gasteiger partial charge on any atom is 0.118 e. The highest BCUT2D eigenvalue weighted by molar-refractivity contribution is 5.83. The highest BCUT2D eigenvalue weighted by atomic mass is 16.5. The first-order valence-electron chi connectivity index (χ1n) is 7.19. The fourth-order valence-electron chi connectivity index (χ4n) is 2.53. The van der Waals surface area contributed by atoms with Crippen molar-refractivity contribution in [3.8, 4) is 33.8 Å². The van der Waals surface area contributed by atoms with Gasteiger partial charge in [0.1, 0.15) is 11.5 Å². The number of hydrogen-bond donors (Lipinski definition) is 0. The maximum atomic E-state index is 5.23. The Morgan fingerprint density at radius 2 is 0.864 bits per heavy atom. The second-order valence-corrected chi connectivity index (χ2v) is 5.00. The van der Waals surface area contributed by atoms with Gasteiger partial charge in [0.2, 0.25) is 0 Å². The van der Waals surface area contributed by atoms with E-state index in [-0.39, 0.29) is 0 Å². The second kappa shape index (κ2) is 6.35. The molecule has 0 radical (unpaired) electrons. The van der Waals surface area contributed by atoms with Gasteiger partial charge in [0, 0.05) is 0 Å². The molecule has 3 rings (SSSR count). The summed E-state index contributed by atoms with van der Waals surface area (Å²) in [4.78, 5) is 0. The molecule has 0 amide bonds. The number of ether oxygens (including phenoxy) is 2. The van der Waals surface area contributed by atoms with Crippen LogP contribution < -0.4 is 9.47 Å². The van der Waals surface area contributed by atoms with Crippen molar-refractivity contribution >= 4 is 0 Å². The molecule has 2 nitrogen and oxygen atoms in total. The van der Waals surface area contributed by atoms with Gasteiger partial charge in [0.05, 0.1) is 14.2 Å². The van der Waals surface area contributed by atoms with Crippen LogP contribution in [0.15, 0.2) is 72.8 Å². The molecular formula is C20H18O2. The van der Waals surface area contributed by atoms with Crippen molar-refractivity contribution in [3.63, 3.8) is 0 Å². The van der Waals surface area contributed by atoms with Crippen molar-refractivity contribution in [1.29, 1.82) is 0 Å². The van der Waals surface area contributed by atoms with Gasteiger partial charge < -0.3 is 9.47 Å². The molecule has 3 aromatic rings. The molecule has 0 heterocycles. The zero-order valence-electron chi connectivity index (χ0n) is 12.7. The van der Waals surface area contributed by atoms with Crippen molar-refractivity contribution in [3.05, 3.63) is 72.8 Å². The third-order valence-corrected chi connectivity index (χ3v) is 3.73. The molecule has 0 spiro atoms. The summed E-state index contributed by atoms with van der Waals surface area (Å²) < 4.78 is 10.5. The lowest BCUT2D eigenvalue weighted by molar-refractivity contribution is 0.414. The molecule has 0 bridgehead atoms. The lowest BCUT2D eigenvalue weighted by atomic mass is 9.94. The predicted octanol–water partition coefficient (Wildman–Crippen LogP) is 5.04. The monoisotopic (exact) mass is 290 g/mol. The van der Waals surface area contributed by atoms with Crippen LogP contribution in [0.4, 0.5) is 0 Å². The van der Waals surface area contributed by atoms with E-state index in [0.717, 1.165) is 11.5 Å². The molecule has 22 heavy (non-hydrogen) atoms. The van der Waals surface area contributed by atoms with Crippen LogP contribution in [0.3, 0.4) is 0 Å². The molecule has 0 fully saturated rings. The molecule has 0 N–H and O–H groups in total. The molecule has 0 aliphatic carbocycles. The summed E-state index contributed by atoms with van der Waals surface area (Å²) >= 11 is 0. The number of benzene rings is 3. The van der Waals surface area contributed by atoms with E-state index in [9.17, 15) is 0 Å². The Morgan fingerprint density at radius 1 is 0.500 bits per heavy atom. The van der Waals surface area contributed by atoms with Gasteiger partial charge in [0.25, 0.3) is 0 Å². The van der Waals surface area contributed by atoms with Crippen molar-refractivity contribution < 1.29 is 9.47 Å². The van der Waals surface area contributed by atoms with E-state index >= 15 is 0 Å². The van der Waals surface area contributed by atoms with Gasteiger partial charge in [-0.2, -0.15) is 0 Å². The molecule has 0 atom stereocenters. The fourth-order valence-corrected chi connectivity index (χ4v) is 2.53. The molecule has 0 aliphatic rings. The summed E-state index contributed by atoms with van der Waals surface area (Å²) in [5, 5.41) is 0. The minimum atomic E-state index is 0.866. The van der Waals surface area contributed by atoms with Gasteiger partial charge >= 0.3 is 0 Å². The van der Waals surface area contributed by atoms with Crippen LogP contribution in [0.1, 0.15) is 0 Å². The standard InChI is InChI=1S/C20H18O2/c1-21-17-11-7-15(8-12-17)19-5-3-4-6-20(19)16-9-13-18(22-2)14-10-16/h3-14H,1-2H3. The Kier molecular flexibility index (Phi) is 4.10. The van der Waals surface area contributed by atoms with Crippen LogP contribution in [-0.2, 0) is 0 Å². The zero-order chi connectivity index (χ0) is 15.4. The van der Waals surface area contributed by atoms with E-state index < -0.39 is 0 Å². The molecule has 3 aromatic carbocycles. The van der Waals surface area contributed by atoms with E-state index in [2.05, 4.69) is 48.5 Å². The van der Waals surface area contributed by atoms with Crippen molar-refractivity contribution in [1.82, 2.24) is 0 Å². The fraction of sp³-hybridized carbons (Fsp3) is 0.100. The van der Waals surface area contributed by atoms with E-state index in [0.29, 0.717) is 0 Å². The minimum Gasteiger partial charge on any atom is -0.497 e. The largest absolute Gasteiger partial charge is 0.497 e. The average molecular weight is 290 g/mol. The summed E-state index contributed by atoms with van der Waals surface area (Å²) in [5.74, 6) is 1.73. The van der Waals surface area contributed by atoms with Gasteiger partial charge in [-0.1, -0.05) is 48.5 Å². The quantitative estimate of drug-likeness (QED) is 0.670. The molecule has 0 aliphatic heterocycles. The molecule has 2 heteroatoms. The number of hydrogen-bond acceptors (Lipinski definition) is 2. The first-order valence-corrected chi connectivity index (χ1v) is 7.19. The third kappa shape index (κ3) is 2.82. The first kappa shape index (κ1) is 14.2. The molecule has 0 unspecified atom stereocenters. The highest BCUT2D eigenvalue weighted by Crippen LogP contribution is 2.33. The molecule has 0 saturated heterocycles. The van der Waals surface area contributed by atoms with E-state index in [1.54, 1.807) is 14.2 Å². The van der Waals surface area contributed by atoms with E-state index in [1.165, 1.54) is 22.3 Å². The van der Waals surface area contributed by atoms with Crippen molar-refractivity contribution in [2.24, 2.45) is 0 Å². The van der Waals surface area contributed by atoms with Crippen LogP contribution in [0.2, 0.25) is 0 Å². The van der Waals surface area contributed by atoms with Crippen molar-refractivity contribution in [2.45, 2.75) is 0 Å². The van der Waals surface area contributed by atoms with Gasteiger partial charge in [-0.05, 0) is 46.5 Å². The summed E-state index contributed by atoms with van der Waals surface area (Å²) in [6.45, 7) is 0. The van der Waals surface area contributed by atoms with Gasteiger partial charge in [-0.3, -0.25) is 0 Å². The van der Waals surface area contributed by atoms with Crippen LogP contribution in [0, 0.1) is 0 Å². The normalized spacial score (nSPS) is 10.3. The summed E-state index contributed by atoms with van der Waals surface area (Å²) in [6.07, 6.45) is 0. The van der Waals surface area contributed by atoms with Crippen LogP contribution >= 0.6 is 0 Å². The van der Waals surface area contributed by atoms with E-state index in [1.807, 2.05) is 24.3 Å². The average Bonchev–Trinajstić information content (AvgIpc) is 2.62. The lowest BCUT2D eigenvalue weighted by Crippen LogP contribution is -1.87. The Bertz CT molecular complexity index is 677. The molecule has 0 saturated carbocycles. The van der Waals surface area contributed by atoms with Gasteiger partial charge in [-0.15, -0.1) is 0 Å². The van der Waals surface area contributed by atoms with Gasteiger partial charge in [0.15, 0.2) is 0 Å². The van der Waals surface area contributed by atoms with Crippen LogP contribution in [0.25, 0.3) is 22.3 Å². The Hall–Kier alpha value is -2.74. The second-order valence-electron chi connectivity index (χ2n) is 5.00. The molecule has 110 valence electrons. The Morgan fingerprint density at radius 3 is 1.18 bits per heavy atom. The Labute approximate surface area is 131 Å². The summed E-state index contributed by atoms with van der Waals surface area (Å²) in [5.41, 5.74) is 4.75.